The second-order valence-electron chi connectivity index (χ2n) is 15.4. The first kappa shape index (κ1) is 48.9. The number of nitrogens with zero attached hydrogens (tertiary/aromatic N) is 6. The van der Waals surface area contributed by atoms with E-state index in [1.807, 2.05) is 139 Å². The number of hydrogen-bond donors (Lipinski definition) is 5. The van der Waals surface area contributed by atoms with Crippen molar-refractivity contribution in [1.82, 2.24) is 51.1 Å². The topological polar surface area (TPSA) is 234 Å². The number of aliphatic hydroxyl groups is 1. The minimum atomic E-state index is -1.55. The number of aromatic nitrogens is 6. The summed E-state index contributed by atoms with van der Waals surface area (Å²) in [5, 5.41) is 25.2. The van der Waals surface area contributed by atoms with Crippen LogP contribution in [0.1, 0.15) is 31.8 Å². The molecule has 0 saturated carbocycles. The van der Waals surface area contributed by atoms with Crippen molar-refractivity contribution in [3.8, 4) is 34.2 Å². The van der Waals surface area contributed by atoms with Crippen molar-refractivity contribution in [2.75, 3.05) is 14.2 Å². The van der Waals surface area contributed by atoms with Crippen LogP contribution in [0.5, 0.6) is 0 Å². The van der Waals surface area contributed by atoms with Gasteiger partial charge in [-0.15, -0.1) is 0 Å². The standard InChI is InChI=1S/C26H25N5O4.C26H23N5O4/c2*1-35-30-26(34)23(32)22(17-18-9-4-2-5-10-18)28-25(33)20-13-8-15-27-24(20)31-16-14-21(29-31)19-11-6-3-7-12-19/h2-16,22-23,32H,17H2,1H3,(H,28,33)(H,30,34);2-16,22H,17H2,1H3,(H,28,33)(H,30,34). The van der Waals surface area contributed by atoms with Gasteiger partial charge in [-0.05, 0) is 53.9 Å². The molecule has 18 nitrogen and oxygen atoms in total. The van der Waals surface area contributed by atoms with E-state index in [0.717, 1.165) is 33.6 Å². The van der Waals surface area contributed by atoms with E-state index in [4.69, 9.17) is 0 Å². The van der Waals surface area contributed by atoms with Crippen LogP contribution in [0.25, 0.3) is 34.2 Å². The molecule has 0 fully saturated rings. The molecule has 4 amide bonds. The Bertz CT molecular complexity index is 3010. The van der Waals surface area contributed by atoms with E-state index in [1.54, 1.807) is 49.1 Å². The van der Waals surface area contributed by atoms with Crippen molar-refractivity contribution in [2.24, 2.45) is 0 Å². The fourth-order valence-electron chi connectivity index (χ4n) is 7.22. The highest BCUT2D eigenvalue weighted by Gasteiger charge is 2.31. The minimum Gasteiger partial charge on any atom is -0.381 e. The maximum absolute atomic E-state index is 13.3. The summed E-state index contributed by atoms with van der Waals surface area (Å²) in [6.45, 7) is 0. The number of nitrogens with one attached hydrogen (secondary N) is 4. The summed E-state index contributed by atoms with van der Waals surface area (Å²) < 4.78 is 3.03. The van der Waals surface area contributed by atoms with Gasteiger partial charge in [0.05, 0.1) is 42.8 Å². The smallest absolute Gasteiger partial charge is 0.313 e. The highest BCUT2D eigenvalue weighted by molar-refractivity contribution is 6.38. The third kappa shape index (κ3) is 12.7. The quantitative estimate of drug-likeness (QED) is 0.0575. The molecule has 0 spiro atoms. The summed E-state index contributed by atoms with van der Waals surface area (Å²) in [5.74, 6) is -3.01. The zero-order valence-corrected chi connectivity index (χ0v) is 38.0. The Hall–Kier alpha value is -8.97. The average Bonchev–Trinajstić information content (AvgIpc) is 4.11. The highest BCUT2D eigenvalue weighted by Crippen LogP contribution is 2.21. The molecule has 354 valence electrons. The van der Waals surface area contributed by atoms with Crippen molar-refractivity contribution in [3.05, 3.63) is 205 Å². The molecule has 0 aliphatic carbocycles. The van der Waals surface area contributed by atoms with Crippen molar-refractivity contribution in [1.29, 1.82) is 0 Å². The Morgan fingerprint density at radius 2 is 0.986 bits per heavy atom. The number of carbonyl (C=O) groups is 5. The number of Topliss-reactive ketones (excluding diaryl/α,β-unsaturated/α-hetero) is 1. The molecule has 70 heavy (non-hydrogen) atoms. The van der Waals surface area contributed by atoms with Crippen LogP contribution in [0.4, 0.5) is 0 Å². The van der Waals surface area contributed by atoms with Crippen molar-refractivity contribution >= 4 is 29.4 Å². The van der Waals surface area contributed by atoms with Gasteiger partial charge in [0.15, 0.2) is 17.7 Å². The van der Waals surface area contributed by atoms with Gasteiger partial charge in [0.25, 0.3) is 17.7 Å². The molecule has 3 unspecified atom stereocenters. The molecule has 0 radical (unpaired) electrons. The van der Waals surface area contributed by atoms with Crippen molar-refractivity contribution in [2.45, 2.75) is 31.0 Å². The third-order valence-corrected chi connectivity index (χ3v) is 10.6. The van der Waals surface area contributed by atoms with Gasteiger partial charge in [-0.2, -0.15) is 10.2 Å². The predicted octanol–water partition coefficient (Wildman–Crippen LogP) is 4.84. The number of amides is 4. The van der Waals surface area contributed by atoms with Crippen LogP contribution in [0.2, 0.25) is 0 Å². The van der Waals surface area contributed by atoms with Crippen LogP contribution in [0.15, 0.2) is 183 Å². The fraction of sp³-hybridized carbons (Fsp3) is 0.135. The van der Waals surface area contributed by atoms with E-state index in [0.29, 0.717) is 11.6 Å². The summed E-state index contributed by atoms with van der Waals surface area (Å²) >= 11 is 0. The molecule has 0 aliphatic rings. The largest absolute Gasteiger partial charge is 0.381 e. The number of carbonyl (C=O) groups excluding carboxylic acids is 5. The van der Waals surface area contributed by atoms with E-state index in [9.17, 15) is 29.1 Å². The van der Waals surface area contributed by atoms with Gasteiger partial charge >= 0.3 is 5.91 Å². The number of rotatable bonds is 18. The number of hydroxylamine groups is 2. The molecule has 18 heteroatoms. The lowest BCUT2D eigenvalue weighted by Gasteiger charge is -2.24. The first-order chi connectivity index (χ1) is 34.1. The summed E-state index contributed by atoms with van der Waals surface area (Å²) in [4.78, 5) is 81.7. The fourth-order valence-corrected chi connectivity index (χ4v) is 7.22. The lowest BCUT2D eigenvalue weighted by atomic mass is 10.00. The number of ketones is 1. The maximum Gasteiger partial charge on any atom is 0.313 e. The second kappa shape index (κ2) is 24.2. The Labute approximate surface area is 402 Å². The maximum atomic E-state index is 13.3. The normalized spacial score (nSPS) is 12.0. The third-order valence-electron chi connectivity index (χ3n) is 10.6. The van der Waals surface area contributed by atoms with Crippen molar-refractivity contribution in [3.63, 3.8) is 0 Å². The lowest BCUT2D eigenvalue weighted by Crippen LogP contribution is -2.51. The minimum absolute atomic E-state index is 0.123. The highest BCUT2D eigenvalue weighted by atomic mass is 16.6. The molecule has 3 atom stereocenters. The van der Waals surface area contributed by atoms with Crippen LogP contribution in [-0.2, 0) is 36.9 Å². The van der Waals surface area contributed by atoms with Crippen LogP contribution in [0.3, 0.4) is 0 Å². The van der Waals surface area contributed by atoms with E-state index in [1.165, 1.54) is 23.6 Å². The summed E-state index contributed by atoms with van der Waals surface area (Å²) in [7, 11) is 2.50. The van der Waals surface area contributed by atoms with E-state index >= 15 is 0 Å². The second-order valence-corrected chi connectivity index (χ2v) is 15.4. The molecular formula is C52H48N10O8. The Kier molecular flexibility index (Phi) is 16.9. The van der Waals surface area contributed by atoms with E-state index < -0.39 is 47.6 Å². The van der Waals surface area contributed by atoms with E-state index in [2.05, 4.69) is 46.0 Å². The molecule has 0 aliphatic heterocycles. The van der Waals surface area contributed by atoms with Gasteiger partial charge in [-0.25, -0.2) is 30.3 Å². The monoisotopic (exact) mass is 940 g/mol. The van der Waals surface area contributed by atoms with Crippen LogP contribution < -0.4 is 21.6 Å². The molecule has 4 aromatic carbocycles. The zero-order valence-electron chi connectivity index (χ0n) is 38.0. The summed E-state index contributed by atoms with van der Waals surface area (Å²) in [6, 6.07) is 45.7. The molecule has 0 saturated heterocycles. The SMILES string of the molecule is CONC(=O)C(=O)C(Cc1ccccc1)NC(=O)c1cccnc1-n1ccc(-c2ccccc2)n1.CONC(=O)C(O)C(Cc1ccccc1)NC(=O)c1cccnc1-n1ccc(-c2ccccc2)n1. The first-order valence-corrected chi connectivity index (χ1v) is 21.8. The summed E-state index contributed by atoms with van der Waals surface area (Å²) in [5.41, 5.74) is 9.50. The lowest BCUT2D eigenvalue weighted by molar-refractivity contribution is -0.145. The molecule has 8 aromatic rings. The van der Waals surface area contributed by atoms with Crippen LogP contribution in [0, 0.1) is 0 Å². The zero-order chi connectivity index (χ0) is 49.2. The summed E-state index contributed by atoms with van der Waals surface area (Å²) in [6.07, 6.45) is 5.35. The average molecular weight is 941 g/mol. The van der Waals surface area contributed by atoms with Gasteiger partial charge in [-0.3, -0.25) is 33.6 Å². The van der Waals surface area contributed by atoms with Gasteiger partial charge in [-0.1, -0.05) is 121 Å². The van der Waals surface area contributed by atoms with Gasteiger partial charge < -0.3 is 15.7 Å². The first-order valence-electron chi connectivity index (χ1n) is 21.8. The Balaban J connectivity index is 0.000000206. The van der Waals surface area contributed by atoms with Crippen LogP contribution >= 0.6 is 0 Å². The van der Waals surface area contributed by atoms with Crippen molar-refractivity contribution < 1.29 is 38.8 Å². The van der Waals surface area contributed by atoms with Gasteiger partial charge in [0, 0.05) is 42.3 Å². The molecule has 5 N–H and O–H groups in total. The number of hydrogen-bond acceptors (Lipinski definition) is 12. The molecule has 8 rings (SSSR count). The predicted molar refractivity (Wildman–Crippen MR) is 258 cm³/mol. The number of aliphatic hydroxyl groups excluding tert-OH is 1. The molecule has 4 heterocycles. The molecule has 0 bridgehead atoms. The van der Waals surface area contributed by atoms with Crippen LogP contribution in [-0.4, -0.2) is 96.5 Å². The van der Waals surface area contributed by atoms with Gasteiger partial charge in [0.1, 0.15) is 6.04 Å². The molecular weight excluding hydrogens is 893 g/mol. The van der Waals surface area contributed by atoms with E-state index in [-0.39, 0.29) is 24.0 Å². The molecule has 4 aromatic heterocycles. The van der Waals surface area contributed by atoms with Gasteiger partial charge in [0.2, 0.25) is 5.78 Å². The number of benzene rings is 4. The Morgan fingerprint density at radius 1 is 0.543 bits per heavy atom. The Morgan fingerprint density at radius 3 is 1.46 bits per heavy atom. The number of pyridine rings is 2.